The number of unbranched alkanes of at least 4 members (excludes halogenated alkanes) is 22. The van der Waals surface area contributed by atoms with Crippen LogP contribution >= 0.6 is 0 Å². The SMILES string of the molecule is CC/C=C\C/C=C\C/C=C\C/C=C\C/C=C\CCCC(=O)OC[C@@H](COC(=O)CCCCCCC/C=C\CCCCC)OC(=O)CCCCCCCCC/C=C\CCCCCCCC. The van der Waals surface area contributed by atoms with Gasteiger partial charge in [-0.15, -0.1) is 0 Å². The summed E-state index contributed by atoms with van der Waals surface area (Å²) < 4.78 is 16.8. The Kier molecular flexibility index (Phi) is 49.4. The van der Waals surface area contributed by atoms with Crippen LogP contribution in [0, 0.1) is 0 Å². The van der Waals surface area contributed by atoms with E-state index in [-0.39, 0.29) is 37.5 Å². The van der Waals surface area contributed by atoms with Crippen LogP contribution in [-0.2, 0) is 28.6 Å². The van der Waals surface area contributed by atoms with Crippen molar-refractivity contribution in [1.82, 2.24) is 0 Å². The van der Waals surface area contributed by atoms with Gasteiger partial charge in [-0.1, -0.05) is 202 Å². The minimum absolute atomic E-state index is 0.100. The molecule has 0 heterocycles. The van der Waals surface area contributed by atoms with Gasteiger partial charge in [-0.25, -0.2) is 0 Å². The van der Waals surface area contributed by atoms with E-state index in [2.05, 4.69) is 106 Å². The quantitative estimate of drug-likeness (QED) is 0.0262. The van der Waals surface area contributed by atoms with E-state index in [1.165, 1.54) is 109 Å². The van der Waals surface area contributed by atoms with E-state index in [1.807, 2.05) is 0 Å². The van der Waals surface area contributed by atoms with Crippen LogP contribution in [0.2, 0.25) is 0 Å². The Morgan fingerprint density at radius 1 is 0.328 bits per heavy atom. The third-order valence-electron chi connectivity index (χ3n) is 11.1. The first-order chi connectivity index (χ1) is 31.5. The summed E-state index contributed by atoms with van der Waals surface area (Å²) in [5.74, 6) is -0.974. The molecule has 0 amide bonds. The van der Waals surface area contributed by atoms with Crippen molar-refractivity contribution < 1.29 is 28.6 Å². The van der Waals surface area contributed by atoms with Gasteiger partial charge >= 0.3 is 17.9 Å². The molecule has 0 aromatic heterocycles. The maximum absolute atomic E-state index is 12.8. The third-order valence-corrected chi connectivity index (χ3v) is 11.1. The molecule has 0 N–H and O–H groups in total. The van der Waals surface area contributed by atoms with Gasteiger partial charge < -0.3 is 14.2 Å². The fourth-order valence-electron chi connectivity index (χ4n) is 7.11. The van der Waals surface area contributed by atoms with Crippen molar-refractivity contribution in [3.8, 4) is 0 Å². The molecule has 0 saturated heterocycles. The lowest BCUT2D eigenvalue weighted by Crippen LogP contribution is -2.30. The fraction of sp³-hybridized carbons (Fsp3) is 0.707. The van der Waals surface area contributed by atoms with Crippen LogP contribution in [0.25, 0.3) is 0 Å². The predicted octanol–water partition coefficient (Wildman–Crippen LogP) is 17.6. The normalized spacial score (nSPS) is 12.7. The highest BCUT2D eigenvalue weighted by Gasteiger charge is 2.19. The summed E-state index contributed by atoms with van der Waals surface area (Å²) in [5.41, 5.74) is 0. The van der Waals surface area contributed by atoms with Gasteiger partial charge in [-0.3, -0.25) is 14.4 Å². The van der Waals surface area contributed by atoms with Crippen molar-refractivity contribution in [2.24, 2.45) is 0 Å². The summed E-state index contributed by atoms with van der Waals surface area (Å²) in [4.78, 5) is 38.0. The molecule has 0 aromatic rings. The van der Waals surface area contributed by atoms with Crippen LogP contribution in [0.1, 0.15) is 245 Å². The topological polar surface area (TPSA) is 78.9 Å². The average Bonchev–Trinajstić information content (AvgIpc) is 3.29. The first-order valence-corrected chi connectivity index (χ1v) is 26.6. The Labute approximate surface area is 395 Å². The van der Waals surface area contributed by atoms with Crippen molar-refractivity contribution in [3.63, 3.8) is 0 Å². The maximum atomic E-state index is 12.8. The lowest BCUT2D eigenvalue weighted by atomic mass is 10.1. The van der Waals surface area contributed by atoms with Crippen molar-refractivity contribution in [2.75, 3.05) is 13.2 Å². The molecule has 0 bridgehead atoms. The van der Waals surface area contributed by atoms with E-state index >= 15 is 0 Å². The molecule has 0 saturated carbocycles. The van der Waals surface area contributed by atoms with Crippen LogP contribution in [0.3, 0.4) is 0 Å². The molecule has 0 unspecified atom stereocenters. The summed E-state index contributed by atoms with van der Waals surface area (Å²) >= 11 is 0. The second kappa shape index (κ2) is 52.2. The largest absolute Gasteiger partial charge is 0.462 e. The lowest BCUT2D eigenvalue weighted by Gasteiger charge is -2.18. The van der Waals surface area contributed by atoms with E-state index in [9.17, 15) is 14.4 Å². The number of hydrogen-bond acceptors (Lipinski definition) is 6. The molecule has 366 valence electrons. The molecule has 6 heteroatoms. The summed E-state index contributed by atoms with van der Waals surface area (Å²) in [6.07, 6.45) is 67.1. The Morgan fingerprint density at radius 2 is 0.625 bits per heavy atom. The molecular weight excluding hydrogens is 793 g/mol. The van der Waals surface area contributed by atoms with Gasteiger partial charge in [0, 0.05) is 19.3 Å². The van der Waals surface area contributed by atoms with E-state index < -0.39 is 6.10 Å². The Balaban J connectivity index is 4.48. The first kappa shape index (κ1) is 60.6. The molecular formula is C58H98O6. The number of rotatable bonds is 47. The number of carbonyl (C=O) groups excluding carboxylic acids is 3. The Morgan fingerprint density at radius 3 is 1.06 bits per heavy atom. The van der Waals surface area contributed by atoms with Gasteiger partial charge in [0.1, 0.15) is 13.2 Å². The van der Waals surface area contributed by atoms with Gasteiger partial charge in [0.2, 0.25) is 0 Å². The first-order valence-electron chi connectivity index (χ1n) is 26.6. The Hall–Kier alpha value is -3.41. The second-order valence-electron chi connectivity index (χ2n) is 17.4. The summed E-state index contributed by atoms with van der Waals surface area (Å²) in [7, 11) is 0. The standard InChI is InChI=1S/C58H98O6/c1-4-7-10-13-16-19-22-25-27-29-31-33-36-39-42-45-48-51-57(60)63-54-55(53-62-56(59)50-47-44-41-38-35-24-21-18-15-12-9-6-3)64-58(61)52-49-46-43-40-37-34-32-30-28-26-23-20-17-14-11-8-5-2/h7,10,16,18-19,21,25-28,31,33,39,42,55H,4-6,8-9,11-15,17,20,22-24,29-30,32,34-38,40-41,43-54H2,1-3H3/b10-7-,19-16-,21-18-,27-25-,28-26-,33-31-,42-39-/t55-/m1/s1. The molecule has 1 atom stereocenters. The van der Waals surface area contributed by atoms with Crippen molar-refractivity contribution in [2.45, 2.75) is 252 Å². The molecule has 0 spiro atoms. The van der Waals surface area contributed by atoms with Gasteiger partial charge in [-0.2, -0.15) is 0 Å². The third kappa shape index (κ3) is 49.6. The van der Waals surface area contributed by atoms with Gasteiger partial charge in [0.05, 0.1) is 0 Å². The highest BCUT2D eigenvalue weighted by molar-refractivity contribution is 5.71. The zero-order chi connectivity index (χ0) is 46.5. The van der Waals surface area contributed by atoms with Crippen molar-refractivity contribution >= 4 is 17.9 Å². The van der Waals surface area contributed by atoms with Crippen LogP contribution in [-0.4, -0.2) is 37.2 Å². The number of ether oxygens (including phenoxy) is 3. The van der Waals surface area contributed by atoms with Gasteiger partial charge in [-0.05, 0) is 109 Å². The van der Waals surface area contributed by atoms with E-state index in [4.69, 9.17) is 14.2 Å². The van der Waals surface area contributed by atoms with Crippen molar-refractivity contribution in [1.29, 1.82) is 0 Å². The Bertz CT molecular complexity index is 1250. The molecule has 0 aliphatic heterocycles. The van der Waals surface area contributed by atoms with Gasteiger partial charge in [0.15, 0.2) is 6.10 Å². The van der Waals surface area contributed by atoms with E-state index in [0.29, 0.717) is 19.3 Å². The van der Waals surface area contributed by atoms with Crippen LogP contribution < -0.4 is 0 Å². The lowest BCUT2D eigenvalue weighted by molar-refractivity contribution is -0.167. The zero-order valence-corrected chi connectivity index (χ0v) is 41.8. The minimum atomic E-state index is -0.804. The summed E-state index contributed by atoms with van der Waals surface area (Å²) in [5, 5.41) is 0. The van der Waals surface area contributed by atoms with Gasteiger partial charge in [0.25, 0.3) is 0 Å². The molecule has 0 rings (SSSR count). The molecule has 64 heavy (non-hydrogen) atoms. The number of esters is 3. The molecule has 0 aliphatic rings. The average molecular weight is 891 g/mol. The number of carbonyl (C=O) groups is 3. The molecule has 0 aromatic carbocycles. The second-order valence-corrected chi connectivity index (χ2v) is 17.4. The molecule has 6 nitrogen and oxygen atoms in total. The van der Waals surface area contributed by atoms with Crippen LogP contribution in [0.4, 0.5) is 0 Å². The summed E-state index contributed by atoms with van der Waals surface area (Å²) in [6, 6.07) is 0. The highest BCUT2D eigenvalue weighted by atomic mass is 16.6. The molecule has 0 radical (unpaired) electrons. The van der Waals surface area contributed by atoms with E-state index in [0.717, 1.165) is 89.9 Å². The zero-order valence-electron chi connectivity index (χ0n) is 41.8. The molecule has 0 aliphatic carbocycles. The number of hydrogen-bond donors (Lipinski definition) is 0. The van der Waals surface area contributed by atoms with E-state index in [1.54, 1.807) is 0 Å². The van der Waals surface area contributed by atoms with Crippen molar-refractivity contribution in [3.05, 3.63) is 85.1 Å². The predicted molar refractivity (Wildman–Crippen MR) is 274 cm³/mol. The minimum Gasteiger partial charge on any atom is -0.462 e. The number of allylic oxidation sites excluding steroid dienone is 14. The maximum Gasteiger partial charge on any atom is 0.306 e. The van der Waals surface area contributed by atoms with Crippen LogP contribution in [0.15, 0.2) is 85.1 Å². The monoisotopic (exact) mass is 891 g/mol. The van der Waals surface area contributed by atoms with Crippen LogP contribution in [0.5, 0.6) is 0 Å². The molecule has 0 fully saturated rings. The smallest absolute Gasteiger partial charge is 0.306 e. The summed E-state index contributed by atoms with van der Waals surface area (Å²) in [6.45, 7) is 6.44. The highest BCUT2D eigenvalue weighted by Crippen LogP contribution is 2.14. The fourth-order valence-corrected chi connectivity index (χ4v) is 7.11.